The van der Waals surface area contributed by atoms with Crippen LogP contribution >= 0.6 is 11.3 Å². The molecule has 3 aromatic heterocycles. The highest BCUT2D eigenvalue weighted by atomic mass is 32.1. The van der Waals surface area contributed by atoms with Crippen LogP contribution in [0.1, 0.15) is 30.8 Å². The molecule has 28 heavy (non-hydrogen) atoms. The van der Waals surface area contributed by atoms with Crippen LogP contribution in [0.15, 0.2) is 40.3 Å². The van der Waals surface area contributed by atoms with Crippen LogP contribution in [0.25, 0.3) is 22.0 Å². The number of hydrogen-bond acceptors (Lipinski definition) is 6. The van der Waals surface area contributed by atoms with Gasteiger partial charge in [-0.15, -0.1) is 26.6 Å². The zero-order chi connectivity index (χ0) is 19.8. The largest absolute Gasteiger partial charge is 0.415 e. The van der Waals surface area contributed by atoms with Crippen molar-refractivity contribution in [2.45, 2.75) is 19.4 Å². The SMILES string of the molecule is CC(c1c(F)cc(-c2nnc(C(F)F)o2)cc1F)n1cc(-c2cccs2)nn1. The Morgan fingerprint density at radius 1 is 1.11 bits per heavy atom. The molecule has 0 spiro atoms. The summed E-state index contributed by atoms with van der Waals surface area (Å²) in [7, 11) is 0. The molecule has 0 saturated heterocycles. The highest BCUT2D eigenvalue weighted by Crippen LogP contribution is 2.31. The van der Waals surface area contributed by atoms with E-state index in [4.69, 9.17) is 4.42 Å². The third-order valence-corrected chi connectivity index (χ3v) is 4.94. The van der Waals surface area contributed by atoms with Gasteiger partial charge in [0.05, 0.1) is 17.1 Å². The molecule has 144 valence electrons. The monoisotopic (exact) mass is 409 g/mol. The Balaban J connectivity index is 1.66. The van der Waals surface area contributed by atoms with Crippen molar-refractivity contribution >= 4 is 11.3 Å². The van der Waals surface area contributed by atoms with Gasteiger partial charge in [-0.3, -0.25) is 0 Å². The van der Waals surface area contributed by atoms with Gasteiger partial charge in [0.1, 0.15) is 17.3 Å². The van der Waals surface area contributed by atoms with Crippen molar-refractivity contribution in [3.63, 3.8) is 0 Å². The van der Waals surface area contributed by atoms with E-state index in [0.29, 0.717) is 5.69 Å². The van der Waals surface area contributed by atoms with Gasteiger partial charge in [0, 0.05) is 11.1 Å². The maximum absolute atomic E-state index is 14.6. The van der Waals surface area contributed by atoms with Crippen molar-refractivity contribution in [1.29, 1.82) is 0 Å². The molecule has 1 unspecified atom stereocenters. The molecule has 1 aromatic carbocycles. The molecule has 4 rings (SSSR count). The number of aromatic nitrogens is 5. The quantitative estimate of drug-likeness (QED) is 0.440. The van der Waals surface area contributed by atoms with E-state index in [-0.39, 0.29) is 11.1 Å². The maximum atomic E-state index is 14.6. The van der Waals surface area contributed by atoms with E-state index < -0.39 is 35.9 Å². The van der Waals surface area contributed by atoms with E-state index in [1.807, 2.05) is 17.5 Å². The number of benzene rings is 1. The first kappa shape index (κ1) is 18.3. The van der Waals surface area contributed by atoms with Crippen LogP contribution in [0.4, 0.5) is 17.6 Å². The number of nitrogens with zero attached hydrogens (tertiary/aromatic N) is 5. The van der Waals surface area contributed by atoms with Crippen LogP contribution < -0.4 is 0 Å². The van der Waals surface area contributed by atoms with E-state index in [1.165, 1.54) is 16.0 Å². The topological polar surface area (TPSA) is 69.6 Å². The smallest absolute Gasteiger partial charge is 0.314 e. The van der Waals surface area contributed by atoms with Gasteiger partial charge in [-0.25, -0.2) is 13.5 Å². The Hall–Kier alpha value is -3.08. The summed E-state index contributed by atoms with van der Waals surface area (Å²) in [6.07, 6.45) is -1.38. The van der Waals surface area contributed by atoms with Crippen LogP contribution in [0, 0.1) is 11.6 Å². The van der Waals surface area contributed by atoms with Crippen LogP contribution in [0.2, 0.25) is 0 Å². The number of hydrogen-bond donors (Lipinski definition) is 0. The number of halogens is 4. The van der Waals surface area contributed by atoms with Crippen molar-refractivity contribution < 1.29 is 22.0 Å². The van der Waals surface area contributed by atoms with Crippen molar-refractivity contribution in [1.82, 2.24) is 25.2 Å². The van der Waals surface area contributed by atoms with Gasteiger partial charge in [0.2, 0.25) is 5.89 Å². The number of rotatable bonds is 5. The van der Waals surface area contributed by atoms with Gasteiger partial charge >= 0.3 is 6.43 Å². The minimum Gasteiger partial charge on any atom is -0.415 e. The molecule has 0 amide bonds. The average molecular weight is 409 g/mol. The minimum absolute atomic E-state index is 0.136. The van der Waals surface area contributed by atoms with E-state index in [2.05, 4.69) is 20.5 Å². The first-order chi connectivity index (χ1) is 13.4. The standard InChI is InChI=1S/C17H11F4N5OS/c1-8(26-7-12(22-25-26)13-3-2-4-28-13)14-10(18)5-9(6-11(14)19)16-23-24-17(27-16)15(20)21/h2-8,15H,1H3. The first-order valence-electron chi connectivity index (χ1n) is 8.00. The Kier molecular flexibility index (Phi) is 4.67. The molecule has 0 radical (unpaired) electrons. The van der Waals surface area contributed by atoms with Gasteiger partial charge in [-0.1, -0.05) is 11.3 Å². The summed E-state index contributed by atoms with van der Waals surface area (Å²) in [5.74, 6) is -3.11. The summed E-state index contributed by atoms with van der Waals surface area (Å²) in [5.41, 5.74) is 0.202. The lowest BCUT2D eigenvalue weighted by Gasteiger charge is -2.14. The van der Waals surface area contributed by atoms with Crippen LogP contribution in [-0.2, 0) is 0 Å². The molecule has 0 fully saturated rings. The lowest BCUT2D eigenvalue weighted by atomic mass is 10.0. The number of alkyl halides is 2. The lowest BCUT2D eigenvalue weighted by molar-refractivity contribution is 0.116. The molecule has 6 nitrogen and oxygen atoms in total. The average Bonchev–Trinajstić information content (AvgIpc) is 3.41. The molecule has 0 aliphatic heterocycles. The van der Waals surface area contributed by atoms with Gasteiger partial charge in [0.15, 0.2) is 0 Å². The molecule has 3 heterocycles. The Bertz CT molecular complexity index is 1090. The Morgan fingerprint density at radius 3 is 2.46 bits per heavy atom. The fourth-order valence-corrected chi connectivity index (χ4v) is 3.36. The van der Waals surface area contributed by atoms with E-state index >= 15 is 0 Å². The van der Waals surface area contributed by atoms with Gasteiger partial charge < -0.3 is 4.42 Å². The molecule has 0 aliphatic carbocycles. The molecule has 0 aliphatic rings. The zero-order valence-electron chi connectivity index (χ0n) is 14.2. The molecule has 0 bridgehead atoms. The molecular weight excluding hydrogens is 398 g/mol. The van der Waals surface area contributed by atoms with Crippen molar-refractivity contribution in [3.05, 3.63) is 58.9 Å². The summed E-state index contributed by atoms with van der Waals surface area (Å²) < 4.78 is 60.5. The first-order valence-corrected chi connectivity index (χ1v) is 8.88. The van der Waals surface area contributed by atoms with Crippen molar-refractivity contribution in [2.75, 3.05) is 0 Å². The second-order valence-corrected chi connectivity index (χ2v) is 6.78. The third kappa shape index (κ3) is 3.28. The second kappa shape index (κ2) is 7.15. The lowest BCUT2D eigenvalue weighted by Crippen LogP contribution is -2.12. The molecule has 4 aromatic rings. The summed E-state index contributed by atoms with van der Waals surface area (Å²) in [6, 6.07) is 4.83. The molecule has 0 N–H and O–H groups in total. The zero-order valence-corrected chi connectivity index (χ0v) is 15.0. The van der Waals surface area contributed by atoms with Gasteiger partial charge in [0.25, 0.3) is 5.89 Å². The van der Waals surface area contributed by atoms with Crippen LogP contribution in [0.3, 0.4) is 0 Å². The van der Waals surface area contributed by atoms with Crippen LogP contribution in [0.5, 0.6) is 0 Å². The normalized spacial score (nSPS) is 12.6. The maximum Gasteiger partial charge on any atom is 0.314 e. The minimum atomic E-state index is -2.97. The van der Waals surface area contributed by atoms with Gasteiger partial charge in [-0.05, 0) is 30.5 Å². The Morgan fingerprint density at radius 2 is 1.86 bits per heavy atom. The molecule has 1 atom stereocenters. The summed E-state index contributed by atoms with van der Waals surface area (Å²) in [4.78, 5) is 0.876. The summed E-state index contributed by atoms with van der Waals surface area (Å²) in [6.45, 7) is 1.57. The molecule has 0 saturated carbocycles. The second-order valence-electron chi connectivity index (χ2n) is 5.84. The van der Waals surface area contributed by atoms with Gasteiger partial charge in [-0.2, -0.15) is 8.78 Å². The predicted octanol–water partition coefficient (Wildman–Crippen LogP) is 4.88. The Labute approximate surface area is 159 Å². The summed E-state index contributed by atoms with van der Waals surface area (Å²) >= 11 is 1.47. The number of thiophene rings is 1. The summed E-state index contributed by atoms with van der Waals surface area (Å²) in [5, 5.41) is 16.4. The molecule has 11 heteroatoms. The van der Waals surface area contributed by atoms with Crippen molar-refractivity contribution in [2.24, 2.45) is 0 Å². The third-order valence-electron chi connectivity index (χ3n) is 4.05. The van der Waals surface area contributed by atoms with E-state index in [1.54, 1.807) is 13.1 Å². The van der Waals surface area contributed by atoms with Crippen LogP contribution in [-0.4, -0.2) is 25.2 Å². The highest BCUT2D eigenvalue weighted by Gasteiger charge is 2.23. The highest BCUT2D eigenvalue weighted by molar-refractivity contribution is 7.13. The molecular formula is C17H11F4N5OS. The van der Waals surface area contributed by atoms with Crippen molar-refractivity contribution in [3.8, 4) is 22.0 Å². The fourth-order valence-electron chi connectivity index (χ4n) is 2.68. The van der Waals surface area contributed by atoms with E-state index in [0.717, 1.165) is 17.0 Å². The fraction of sp³-hybridized carbons (Fsp3) is 0.176. The predicted molar refractivity (Wildman–Crippen MR) is 91.8 cm³/mol. The van der Waals surface area contributed by atoms with E-state index in [9.17, 15) is 17.6 Å².